The molecular formula is C15H25O8P. The smallest absolute Gasteiger partial charge is 0.464 e. The lowest BCUT2D eigenvalue weighted by Crippen LogP contribution is -2.24. The van der Waals surface area contributed by atoms with Crippen LogP contribution in [0.1, 0.15) is 33.6 Å². The van der Waals surface area contributed by atoms with Crippen molar-refractivity contribution in [1.82, 2.24) is 0 Å². The number of hydrogen-bond donors (Lipinski definition) is 1. The number of carbonyl (C=O) groups excluding carboxylic acids is 2. The summed E-state index contributed by atoms with van der Waals surface area (Å²) >= 11 is 0. The highest BCUT2D eigenvalue weighted by molar-refractivity contribution is 7.47. The van der Waals surface area contributed by atoms with E-state index in [0.717, 1.165) is 18.4 Å². The first-order valence-electron chi connectivity index (χ1n) is 7.36. The average molecular weight is 364 g/mol. The van der Waals surface area contributed by atoms with E-state index in [1.165, 1.54) is 5.57 Å². The monoisotopic (exact) mass is 364 g/mol. The Morgan fingerprint density at radius 3 is 2.38 bits per heavy atom. The summed E-state index contributed by atoms with van der Waals surface area (Å²) in [7, 11) is -4.30. The number of hydrogen-bond acceptors (Lipinski definition) is 7. The highest BCUT2D eigenvalue weighted by atomic mass is 31.2. The fraction of sp³-hybridized carbons (Fsp3) is 0.600. The van der Waals surface area contributed by atoms with Crippen molar-refractivity contribution in [1.29, 1.82) is 0 Å². The van der Waals surface area contributed by atoms with E-state index in [0.29, 0.717) is 0 Å². The van der Waals surface area contributed by atoms with Crippen LogP contribution in [0.4, 0.5) is 0 Å². The van der Waals surface area contributed by atoms with Crippen molar-refractivity contribution in [2.75, 3.05) is 19.8 Å². The minimum Gasteiger partial charge on any atom is -0.464 e. The van der Waals surface area contributed by atoms with Crippen LogP contribution in [-0.4, -0.2) is 43.8 Å². The molecule has 1 N–H and O–H groups in total. The summed E-state index contributed by atoms with van der Waals surface area (Å²) in [4.78, 5) is 29.9. The van der Waals surface area contributed by atoms with Gasteiger partial charge < -0.3 is 14.4 Å². The lowest BCUT2D eigenvalue weighted by molar-refractivity contribution is -0.144. The SMILES string of the molecule is CC(C)=CCC/C(C)=C\COP(=O)(O)OCC(COC=O)OC=O. The van der Waals surface area contributed by atoms with E-state index in [-0.39, 0.29) is 26.2 Å². The van der Waals surface area contributed by atoms with Crippen molar-refractivity contribution in [3.8, 4) is 0 Å². The number of allylic oxidation sites excluding steroid dienone is 3. The maximum absolute atomic E-state index is 11.7. The third-order valence-electron chi connectivity index (χ3n) is 2.78. The van der Waals surface area contributed by atoms with E-state index in [9.17, 15) is 19.0 Å². The predicted molar refractivity (Wildman–Crippen MR) is 87.1 cm³/mol. The Kier molecular flexibility index (Phi) is 12.1. The maximum Gasteiger partial charge on any atom is 0.472 e. The molecule has 0 bridgehead atoms. The van der Waals surface area contributed by atoms with Crippen LogP contribution in [0.2, 0.25) is 0 Å². The second-order valence-electron chi connectivity index (χ2n) is 5.21. The number of rotatable bonds is 14. The molecule has 9 heteroatoms. The standard InChI is InChI=1S/C15H25O8P/c1-13(2)5-4-6-14(3)7-8-22-24(18,19)23-10-15(21-12-17)9-20-11-16/h5,7,11-12,15H,4,6,8-10H2,1-3H3,(H,18,19)/b14-7-. The summed E-state index contributed by atoms with van der Waals surface area (Å²) in [6.45, 7) is 5.42. The fourth-order valence-electron chi connectivity index (χ4n) is 1.53. The molecule has 0 aromatic heterocycles. The first-order chi connectivity index (χ1) is 11.3. The van der Waals surface area contributed by atoms with Gasteiger partial charge >= 0.3 is 7.82 Å². The van der Waals surface area contributed by atoms with Gasteiger partial charge in [0, 0.05) is 0 Å². The zero-order valence-electron chi connectivity index (χ0n) is 14.2. The molecular weight excluding hydrogens is 339 g/mol. The number of carbonyl (C=O) groups is 2. The lowest BCUT2D eigenvalue weighted by Gasteiger charge is -2.16. The third-order valence-corrected chi connectivity index (χ3v) is 3.73. The molecule has 8 nitrogen and oxygen atoms in total. The summed E-state index contributed by atoms with van der Waals surface area (Å²) in [6.07, 6.45) is 4.52. The first-order valence-corrected chi connectivity index (χ1v) is 8.85. The molecule has 0 heterocycles. The van der Waals surface area contributed by atoms with Gasteiger partial charge in [0.15, 0.2) is 6.10 Å². The van der Waals surface area contributed by atoms with E-state index in [1.54, 1.807) is 6.08 Å². The molecule has 2 atom stereocenters. The zero-order valence-corrected chi connectivity index (χ0v) is 15.1. The van der Waals surface area contributed by atoms with Gasteiger partial charge in [-0.2, -0.15) is 0 Å². The molecule has 0 aliphatic rings. The van der Waals surface area contributed by atoms with Crippen molar-refractivity contribution in [3.05, 3.63) is 23.3 Å². The van der Waals surface area contributed by atoms with Gasteiger partial charge in [0.2, 0.25) is 0 Å². The molecule has 0 aliphatic carbocycles. The van der Waals surface area contributed by atoms with E-state index in [2.05, 4.69) is 15.5 Å². The van der Waals surface area contributed by atoms with Crippen LogP contribution in [0.15, 0.2) is 23.3 Å². The van der Waals surface area contributed by atoms with E-state index >= 15 is 0 Å². The van der Waals surface area contributed by atoms with Crippen molar-refractivity contribution in [3.63, 3.8) is 0 Å². The Labute approximate surface area is 142 Å². The summed E-state index contributed by atoms with van der Waals surface area (Å²) in [5.74, 6) is 0. The average Bonchev–Trinajstić information content (AvgIpc) is 2.49. The van der Waals surface area contributed by atoms with Crippen LogP contribution in [0.3, 0.4) is 0 Å². The molecule has 24 heavy (non-hydrogen) atoms. The molecule has 0 saturated carbocycles. The second-order valence-corrected chi connectivity index (χ2v) is 6.67. The van der Waals surface area contributed by atoms with Gasteiger partial charge in [-0.05, 0) is 33.6 Å². The Bertz CT molecular complexity index is 482. The fourth-order valence-corrected chi connectivity index (χ4v) is 2.22. The normalized spacial score (nSPS) is 15.1. The van der Waals surface area contributed by atoms with Crippen LogP contribution in [0.5, 0.6) is 0 Å². The summed E-state index contributed by atoms with van der Waals surface area (Å²) in [5, 5.41) is 0. The molecule has 0 aromatic carbocycles. The minimum absolute atomic E-state index is 0.0848. The molecule has 0 rings (SSSR count). The largest absolute Gasteiger partial charge is 0.472 e. The summed E-state index contributed by atoms with van der Waals surface area (Å²) < 4.78 is 30.2. The van der Waals surface area contributed by atoms with Crippen molar-refractivity contribution in [2.45, 2.75) is 39.7 Å². The number of phosphoric acid groups is 1. The first kappa shape index (κ1) is 22.5. The molecule has 138 valence electrons. The van der Waals surface area contributed by atoms with Crippen LogP contribution >= 0.6 is 7.82 Å². The quantitative estimate of drug-likeness (QED) is 0.285. The molecule has 0 aromatic rings. The van der Waals surface area contributed by atoms with Crippen LogP contribution in [0, 0.1) is 0 Å². The molecule has 0 radical (unpaired) electrons. The van der Waals surface area contributed by atoms with Crippen LogP contribution in [-0.2, 0) is 32.7 Å². The van der Waals surface area contributed by atoms with Crippen molar-refractivity contribution >= 4 is 20.8 Å². The minimum atomic E-state index is -4.30. The highest BCUT2D eigenvalue weighted by Gasteiger charge is 2.23. The zero-order chi connectivity index (χ0) is 18.4. The lowest BCUT2D eigenvalue weighted by atomic mass is 10.1. The van der Waals surface area contributed by atoms with E-state index in [4.69, 9.17) is 9.05 Å². The predicted octanol–water partition coefficient (Wildman–Crippen LogP) is 2.53. The molecule has 2 unspecified atom stereocenters. The topological polar surface area (TPSA) is 108 Å². The van der Waals surface area contributed by atoms with Gasteiger partial charge in [-0.15, -0.1) is 0 Å². The molecule has 0 spiro atoms. The molecule has 0 fully saturated rings. The van der Waals surface area contributed by atoms with Gasteiger partial charge in [0.05, 0.1) is 13.2 Å². The van der Waals surface area contributed by atoms with Crippen molar-refractivity contribution < 1.29 is 37.6 Å². The highest BCUT2D eigenvalue weighted by Crippen LogP contribution is 2.43. The Balaban J connectivity index is 4.23. The third kappa shape index (κ3) is 13.0. The van der Waals surface area contributed by atoms with Gasteiger partial charge in [0.1, 0.15) is 6.61 Å². The van der Waals surface area contributed by atoms with Crippen molar-refractivity contribution in [2.24, 2.45) is 0 Å². The summed E-state index contributed by atoms with van der Waals surface area (Å²) in [5.41, 5.74) is 2.26. The van der Waals surface area contributed by atoms with Crippen LogP contribution in [0.25, 0.3) is 0 Å². The number of phosphoric ester groups is 1. The van der Waals surface area contributed by atoms with Gasteiger partial charge in [0.25, 0.3) is 12.9 Å². The molecule has 0 amide bonds. The summed E-state index contributed by atoms with van der Waals surface area (Å²) in [6, 6.07) is 0. The van der Waals surface area contributed by atoms with E-state index in [1.807, 2.05) is 20.8 Å². The Hall–Kier alpha value is -1.47. The van der Waals surface area contributed by atoms with Gasteiger partial charge in [-0.3, -0.25) is 18.6 Å². The van der Waals surface area contributed by atoms with Gasteiger partial charge in [-0.1, -0.05) is 23.3 Å². The van der Waals surface area contributed by atoms with Gasteiger partial charge in [-0.25, -0.2) is 4.57 Å². The number of ether oxygens (including phenoxy) is 2. The second kappa shape index (κ2) is 12.9. The molecule has 0 saturated heterocycles. The Morgan fingerprint density at radius 2 is 1.79 bits per heavy atom. The maximum atomic E-state index is 11.7. The van der Waals surface area contributed by atoms with E-state index < -0.39 is 20.5 Å². The van der Waals surface area contributed by atoms with Crippen LogP contribution < -0.4 is 0 Å². The Morgan fingerprint density at radius 1 is 1.08 bits per heavy atom. The molecule has 0 aliphatic heterocycles.